The minimum Gasteiger partial charge on any atom is -0.463 e. The van der Waals surface area contributed by atoms with Gasteiger partial charge in [0.25, 0.3) is 11.8 Å². The smallest absolute Gasteiger partial charge is 0.330 e. The van der Waals surface area contributed by atoms with Crippen molar-refractivity contribution in [3.8, 4) is 0 Å². The second-order valence-corrected chi connectivity index (χ2v) is 10.7. The third kappa shape index (κ3) is 7.81. The molecular weight excluding hydrogens is 556 g/mol. The summed E-state index contributed by atoms with van der Waals surface area (Å²) in [6, 6.07) is 19.3. The predicted octanol–water partition coefficient (Wildman–Crippen LogP) is 6.07. The summed E-state index contributed by atoms with van der Waals surface area (Å²) in [5.41, 5.74) is 3.92. The van der Waals surface area contributed by atoms with Gasteiger partial charge in [0.15, 0.2) is 0 Å². The van der Waals surface area contributed by atoms with Crippen molar-refractivity contribution in [3.63, 3.8) is 0 Å². The van der Waals surface area contributed by atoms with Crippen LogP contribution in [0.15, 0.2) is 97.1 Å². The summed E-state index contributed by atoms with van der Waals surface area (Å²) in [5.74, 6) is -1.16. The molecule has 4 rings (SSSR count). The first-order valence-corrected chi connectivity index (χ1v) is 15.3. The Morgan fingerprint density at radius 3 is 1.30 bits per heavy atom. The van der Waals surface area contributed by atoms with E-state index in [4.69, 9.17) is 9.47 Å². The zero-order valence-electron chi connectivity index (χ0n) is 25.2. The highest BCUT2D eigenvalue weighted by atomic mass is 16.5. The van der Waals surface area contributed by atoms with Gasteiger partial charge in [0.1, 0.15) is 0 Å². The first-order valence-electron chi connectivity index (χ1n) is 15.3. The molecule has 2 aromatic rings. The predicted molar refractivity (Wildman–Crippen MR) is 169 cm³/mol. The minimum absolute atomic E-state index is 0.155. The molecule has 2 amide bonds. The molecule has 0 spiro atoms. The number of ether oxygens (including phenoxy) is 2. The molecule has 0 aromatic heterocycles. The first-order chi connectivity index (χ1) is 21.5. The van der Waals surface area contributed by atoms with Crippen LogP contribution in [0, 0.1) is 0 Å². The van der Waals surface area contributed by atoms with Crippen LogP contribution in [0.5, 0.6) is 0 Å². The largest absolute Gasteiger partial charge is 0.463 e. The zero-order valence-corrected chi connectivity index (χ0v) is 25.2. The number of benzene rings is 2. The number of esters is 2. The molecule has 230 valence electrons. The Morgan fingerprint density at radius 1 is 0.568 bits per heavy atom. The molecule has 2 heterocycles. The maximum atomic E-state index is 14.2. The Hall–Kier alpha value is -4.72. The summed E-state index contributed by atoms with van der Waals surface area (Å²) in [6.07, 6.45) is 8.68. The lowest BCUT2D eigenvalue weighted by molar-refractivity contribution is -0.138. The van der Waals surface area contributed by atoms with Gasteiger partial charge in [0.05, 0.1) is 35.8 Å². The van der Waals surface area contributed by atoms with E-state index < -0.39 is 11.9 Å². The fraction of sp³-hybridized carbons (Fsp3) is 0.333. The number of carbonyl (C=O) groups is 4. The Kier molecular flexibility index (Phi) is 11.9. The second kappa shape index (κ2) is 16.2. The lowest BCUT2D eigenvalue weighted by Crippen LogP contribution is -2.31. The summed E-state index contributed by atoms with van der Waals surface area (Å²) in [7, 11) is 0. The molecule has 0 saturated heterocycles. The molecule has 8 heteroatoms. The Morgan fingerprint density at radius 2 is 0.932 bits per heavy atom. The van der Waals surface area contributed by atoms with Gasteiger partial charge >= 0.3 is 11.9 Å². The van der Waals surface area contributed by atoms with Gasteiger partial charge in [0.2, 0.25) is 0 Å². The van der Waals surface area contributed by atoms with E-state index in [0.29, 0.717) is 48.8 Å². The lowest BCUT2D eigenvalue weighted by atomic mass is 10.0. The third-order valence-electron chi connectivity index (χ3n) is 7.65. The molecular formula is C36H40N2O6. The Bertz CT molecular complexity index is 1320. The second-order valence-electron chi connectivity index (χ2n) is 10.7. The molecule has 2 aliphatic heterocycles. The number of nitrogens with zero attached hydrogens (tertiary/aromatic N) is 2. The zero-order chi connectivity index (χ0) is 31.3. The van der Waals surface area contributed by atoms with Gasteiger partial charge in [-0.3, -0.25) is 9.59 Å². The normalized spacial score (nSPS) is 14.3. The summed E-state index contributed by atoms with van der Waals surface area (Å²) >= 11 is 0. The highest BCUT2D eigenvalue weighted by Gasteiger charge is 2.48. The van der Waals surface area contributed by atoms with Crippen LogP contribution < -0.4 is 0 Å². The first kappa shape index (κ1) is 32.2. The van der Waals surface area contributed by atoms with Crippen LogP contribution in [0.25, 0.3) is 11.4 Å². The lowest BCUT2D eigenvalue weighted by Gasteiger charge is -2.25. The maximum absolute atomic E-state index is 14.2. The molecule has 0 aliphatic carbocycles. The average molecular weight is 597 g/mol. The molecule has 0 radical (unpaired) electrons. The van der Waals surface area contributed by atoms with E-state index in [1.807, 2.05) is 60.7 Å². The molecule has 0 fully saturated rings. The maximum Gasteiger partial charge on any atom is 0.330 e. The van der Waals surface area contributed by atoms with Gasteiger partial charge in [-0.25, -0.2) is 9.59 Å². The van der Waals surface area contributed by atoms with E-state index in [1.54, 1.807) is 9.80 Å². The van der Waals surface area contributed by atoms with Crippen molar-refractivity contribution in [2.75, 3.05) is 26.3 Å². The number of carbonyl (C=O) groups excluding carboxylic acids is 4. The van der Waals surface area contributed by atoms with E-state index in [0.717, 1.165) is 74.6 Å². The fourth-order valence-electron chi connectivity index (χ4n) is 5.53. The van der Waals surface area contributed by atoms with Crippen molar-refractivity contribution in [1.82, 2.24) is 9.80 Å². The quantitative estimate of drug-likeness (QED) is 0.118. The molecule has 0 atom stereocenters. The molecule has 44 heavy (non-hydrogen) atoms. The molecule has 0 saturated carbocycles. The van der Waals surface area contributed by atoms with Crippen LogP contribution in [-0.2, 0) is 28.7 Å². The van der Waals surface area contributed by atoms with E-state index in [-0.39, 0.29) is 11.8 Å². The van der Waals surface area contributed by atoms with Crippen LogP contribution in [0.3, 0.4) is 0 Å². The van der Waals surface area contributed by atoms with Crippen molar-refractivity contribution in [2.24, 2.45) is 0 Å². The van der Waals surface area contributed by atoms with E-state index in [9.17, 15) is 19.2 Å². The molecule has 2 aromatic carbocycles. The van der Waals surface area contributed by atoms with Crippen LogP contribution in [0.1, 0.15) is 62.5 Å². The van der Waals surface area contributed by atoms with E-state index >= 15 is 0 Å². The van der Waals surface area contributed by atoms with Gasteiger partial charge in [-0.05, 0) is 49.7 Å². The minimum atomic E-state index is -0.425. The van der Waals surface area contributed by atoms with Gasteiger partial charge < -0.3 is 19.3 Å². The Labute approximate surface area is 259 Å². The molecule has 0 bridgehead atoms. The van der Waals surface area contributed by atoms with Gasteiger partial charge in [-0.1, -0.05) is 86.7 Å². The topological polar surface area (TPSA) is 93.2 Å². The number of unbranched alkanes of at least 4 members (excludes halogenated alkanes) is 6. The van der Waals surface area contributed by atoms with Crippen molar-refractivity contribution in [1.29, 1.82) is 0 Å². The summed E-state index contributed by atoms with van der Waals surface area (Å²) < 4.78 is 10.1. The highest BCUT2D eigenvalue weighted by Crippen LogP contribution is 2.46. The summed E-state index contributed by atoms with van der Waals surface area (Å²) in [5, 5.41) is 0. The fourth-order valence-corrected chi connectivity index (χ4v) is 5.53. The van der Waals surface area contributed by atoms with Crippen LogP contribution >= 0.6 is 0 Å². The van der Waals surface area contributed by atoms with Crippen molar-refractivity contribution in [2.45, 2.75) is 51.4 Å². The standard InChI is InChI=1S/C36H40N2O6/c1-3-29(39)43-25-17-7-5-15-23-37-33(27-19-11-9-12-20-27)31-32(35(37)41)34(28-21-13-10-14-22-28)38(36(31)42)24-16-6-8-18-26-44-30(40)4-2/h3-4,9-14,19-22H,1-2,5-8,15-18,23-26H2. The van der Waals surface area contributed by atoms with Crippen LogP contribution in [0.2, 0.25) is 0 Å². The molecule has 2 aliphatic rings. The average Bonchev–Trinajstić information content (AvgIpc) is 3.50. The van der Waals surface area contributed by atoms with Gasteiger partial charge in [-0.15, -0.1) is 0 Å². The number of hydrogen-bond donors (Lipinski definition) is 0. The number of fused-ring (bicyclic) bond motifs is 1. The molecule has 0 unspecified atom stereocenters. The Balaban J connectivity index is 1.53. The van der Waals surface area contributed by atoms with Crippen LogP contribution in [-0.4, -0.2) is 59.9 Å². The van der Waals surface area contributed by atoms with Gasteiger partial charge in [-0.2, -0.15) is 0 Å². The molecule has 8 nitrogen and oxygen atoms in total. The van der Waals surface area contributed by atoms with E-state index in [2.05, 4.69) is 13.2 Å². The molecule has 0 N–H and O–H groups in total. The number of hydrogen-bond acceptors (Lipinski definition) is 6. The summed E-state index contributed by atoms with van der Waals surface area (Å²) in [6.45, 7) is 8.45. The van der Waals surface area contributed by atoms with Crippen molar-refractivity contribution in [3.05, 3.63) is 108 Å². The van der Waals surface area contributed by atoms with Gasteiger partial charge in [0, 0.05) is 25.2 Å². The monoisotopic (exact) mass is 596 g/mol. The SMILES string of the molecule is C=CC(=O)OCCCCCCN1C(=O)C2=C(c3ccccc3)N(CCCCCCOC(=O)C=C)C(=O)C2=C1c1ccccc1. The number of amides is 2. The van der Waals surface area contributed by atoms with E-state index in [1.165, 1.54) is 0 Å². The highest BCUT2D eigenvalue weighted by molar-refractivity contribution is 6.30. The third-order valence-corrected chi connectivity index (χ3v) is 7.65. The van der Waals surface area contributed by atoms with Crippen LogP contribution in [0.4, 0.5) is 0 Å². The van der Waals surface area contributed by atoms with Crippen molar-refractivity contribution >= 4 is 35.1 Å². The number of rotatable bonds is 18. The van der Waals surface area contributed by atoms with Crippen molar-refractivity contribution < 1.29 is 28.7 Å². The summed E-state index contributed by atoms with van der Waals surface area (Å²) in [4.78, 5) is 54.4.